The van der Waals surface area contributed by atoms with Crippen molar-refractivity contribution in [2.75, 3.05) is 20.6 Å². The largest absolute Gasteiger partial charge is 0.309 e. The third-order valence-corrected chi connectivity index (χ3v) is 5.47. The van der Waals surface area contributed by atoms with Crippen LogP contribution in [0.25, 0.3) is 10.8 Å². The van der Waals surface area contributed by atoms with Crippen LogP contribution in [0.5, 0.6) is 0 Å². The molecule has 0 heterocycles. The van der Waals surface area contributed by atoms with Crippen LogP contribution in [0.1, 0.15) is 52.0 Å². The Morgan fingerprint density at radius 3 is 2.40 bits per heavy atom. The average molecular weight is 339 g/mol. The molecule has 0 saturated carbocycles. The maximum absolute atomic E-state index is 9.01. The molecule has 1 unspecified atom stereocenters. The van der Waals surface area contributed by atoms with Gasteiger partial charge in [-0.15, -0.1) is 0 Å². The molecule has 0 amide bonds. The van der Waals surface area contributed by atoms with E-state index in [4.69, 9.17) is 5.41 Å². The van der Waals surface area contributed by atoms with Gasteiger partial charge in [0.25, 0.3) is 0 Å². The Hall–Kier alpha value is -1.67. The van der Waals surface area contributed by atoms with Gasteiger partial charge in [0, 0.05) is 11.1 Å². The standard InChI is InChI=1S/C23H34N2/c1-6-11-22(24)23(18(2)3,16-10-17-25(4)5)21-15-9-13-19-12-7-8-14-20(19)21/h7-9,12-15,18,24H,6,10-11,16-17H2,1-5H3. The lowest BCUT2D eigenvalue weighted by Gasteiger charge is -2.40. The fraction of sp³-hybridized carbons (Fsp3) is 0.522. The van der Waals surface area contributed by atoms with E-state index in [0.717, 1.165) is 37.9 Å². The minimum atomic E-state index is -0.174. The minimum Gasteiger partial charge on any atom is -0.309 e. The number of nitrogens with zero attached hydrogens (tertiary/aromatic N) is 1. The summed E-state index contributed by atoms with van der Waals surface area (Å²) in [5, 5.41) is 11.6. The molecule has 0 saturated heterocycles. The summed E-state index contributed by atoms with van der Waals surface area (Å²) in [7, 11) is 4.26. The minimum absolute atomic E-state index is 0.174. The Balaban J connectivity index is 2.60. The predicted molar refractivity (Wildman–Crippen MR) is 111 cm³/mol. The second kappa shape index (κ2) is 8.62. The second-order valence-electron chi connectivity index (χ2n) is 7.79. The first-order valence-corrected chi connectivity index (χ1v) is 9.64. The third-order valence-electron chi connectivity index (χ3n) is 5.47. The first kappa shape index (κ1) is 19.7. The zero-order valence-electron chi connectivity index (χ0n) is 16.6. The topological polar surface area (TPSA) is 27.1 Å². The van der Waals surface area contributed by atoms with Crippen molar-refractivity contribution in [1.29, 1.82) is 5.41 Å². The maximum atomic E-state index is 9.01. The molecular weight excluding hydrogens is 304 g/mol. The highest BCUT2D eigenvalue weighted by atomic mass is 15.0. The van der Waals surface area contributed by atoms with Crippen molar-refractivity contribution in [2.45, 2.75) is 51.9 Å². The monoisotopic (exact) mass is 338 g/mol. The molecule has 0 aliphatic heterocycles. The fourth-order valence-electron chi connectivity index (χ4n) is 4.16. The molecule has 2 heteroatoms. The number of benzene rings is 2. The molecule has 0 bridgehead atoms. The van der Waals surface area contributed by atoms with E-state index in [2.05, 4.69) is 82.2 Å². The van der Waals surface area contributed by atoms with Crippen LogP contribution >= 0.6 is 0 Å². The predicted octanol–water partition coefficient (Wildman–Crippen LogP) is 5.90. The van der Waals surface area contributed by atoms with Gasteiger partial charge in [-0.2, -0.15) is 0 Å². The van der Waals surface area contributed by atoms with E-state index in [0.29, 0.717) is 5.92 Å². The smallest absolute Gasteiger partial charge is 0.0358 e. The van der Waals surface area contributed by atoms with Crippen molar-refractivity contribution in [3.8, 4) is 0 Å². The normalized spacial score (nSPS) is 14.2. The quantitative estimate of drug-likeness (QED) is 0.567. The number of rotatable bonds is 9. The molecule has 0 aromatic heterocycles. The Morgan fingerprint density at radius 1 is 1.08 bits per heavy atom. The molecular formula is C23H34N2. The van der Waals surface area contributed by atoms with Crippen LogP contribution in [0, 0.1) is 11.3 Å². The first-order valence-electron chi connectivity index (χ1n) is 9.64. The fourth-order valence-corrected chi connectivity index (χ4v) is 4.16. The van der Waals surface area contributed by atoms with Gasteiger partial charge in [0.15, 0.2) is 0 Å². The zero-order chi connectivity index (χ0) is 18.4. The lowest BCUT2D eigenvalue weighted by molar-refractivity contribution is 0.329. The van der Waals surface area contributed by atoms with Gasteiger partial charge >= 0.3 is 0 Å². The Bertz CT molecular complexity index is 697. The van der Waals surface area contributed by atoms with Crippen molar-refractivity contribution >= 4 is 16.5 Å². The summed E-state index contributed by atoms with van der Waals surface area (Å²) in [6.07, 6.45) is 4.06. The van der Waals surface area contributed by atoms with Crippen LogP contribution in [0.3, 0.4) is 0 Å². The van der Waals surface area contributed by atoms with Gasteiger partial charge in [-0.1, -0.05) is 69.7 Å². The van der Waals surface area contributed by atoms with E-state index in [9.17, 15) is 0 Å². The zero-order valence-corrected chi connectivity index (χ0v) is 16.6. The number of hydrogen-bond donors (Lipinski definition) is 1. The van der Waals surface area contributed by atoms with E-state index in [1.165, 1.54) is 16.3 Å². The molecule has 0 aliphatic rings. The highest BCUT2D eigenvalue weighted by molar-refractivity contribution is 5.98. The average Bonchev–Trinajstić information content (AvgIpc) is 2.58. The molecule has 2 aromatic carbocycles. The highest BCUT2D eigenvalue weighted by Crippen LogP contribution is 2.42. The molecule has 25 heavy (non-hydrogen) atoms. The Morgan fingerprint density at radius 2 is 1.76 bits per heavy atom. The lowest BCUT2D eigenvalue weighted by Crippen LogP contribution is -2.41. The van der Waals surface area contributed by atoms with Crippen molar-refractivity contribution in [3.63, 3.8) is 0 Å². The molecule has 1 N–H and O–H groups in total. The van der Waals surface area contributed by atoms with Crippen molar-refractivity contribution in [1.82, 2.24) is 4.90 Å². The number of fused-ring (bicyclic) bond motifs is 1. The van der Waals surface area contributed by atoms with Crippen LogP contribution in [-0.4, -0.2) is 31.3 Å². The molecule has 0 aliphatic carbocycles. The molecule has 136 valence electrons. The molecule has 2 nitrogen and oxygen atoms in total. The summed E-state index contributed by atoms with van der Waals surface area (Å²) in [5.41, 5.74) is 2.07. The maximum Gasteiger partial charge on any atom is 0.0358 e. The van der Waals surface area contributed by atoms with Gasteiger partial charge in [0.05, 0.1) is 0 Å². The van der Waals surface area contributed by atoms with Gasteiger partial charge in [-0.3, -0.25) is 0 Å². The number of nitrogens with one attached hydrogen (secondary N) is 1. The van der Waals surface area contributed by atoms with Gasteiger partial charge in [-0.05, 0) is 62.2 Å². The van der Waals surface area contributed by atoms with E-state index < -0.39 is 0 Å². The summed E-state index contributed by atoms with van der Waals surface area (Å²) in [6, 6.07) is 15.3. The molecule has 0 spiro atoms. The van der Waals surface area contributed by atoms with Gasteiger partial charge in [-0.25, -0.2) is 0 Å². The molecule has 1 atom stereocenters. The summed E-state index contributed by atoms with van der Waals surface area (Å²) < 4.78 is 0. The Kier molecular flexibility index (Phi) is 6.78. The van der Waals surface area contributed by atoms with Crippen LogP contribution in [0.2, 0.25) is 0 Å². The summed E-state index contributed by atoms with van der Waals surface area (Å²) >= 11 is 0. The van der Waals surface area contributed by atoms with Gasteiger partial charge in [0.1, 0.15) is 0 Å². The molecule has 2 aromatic rings. The van der Waals surface area contributed by atoms with E-state index in [1.54, 1.807) is 0 Å². The molecule has 0 radical (unpaired) electrons. The van der Waals surface area contributed by atoms with Crippen LogP contribution in [0.4, 0.5) is 0 Å². The lowest BCUT2D eigenvalue weighted by atomic mass is 9.63. The van der Waals surface area contributed by atoms with E-state index in [-0.39, 0.29) is 5.41 Å². The van der Waals surface area contributed by atoms with Crippen molar-refractivity contribution < 1.29 is 0 Å². The van der Waals surface area contributed by atoms with Crippen LogP contribution in [0.15, 0.2) is 42.5 Å². The second-order valence-corrected chi connectivity index (χ2v) is 7.79. The summed E-state index contributed by atoms with van der Waals surface area (Å²) in [5.74, 6) is 0.402. The van der Waals surface area contributed by atoms with E-state index in [1.807, 2.05) is 0 Å². The van der Waals surface area contributed by atoms with Gasteiger partial charge < -0.3 is 10.3 Å². The first-order chi connectivity index (χ1) is 11.9. The van der Waals surface area contributed by atoms with Crippen molar-refractivity contribution in [2.24, 2.45) is 5.92 Å². The van der Waals surface area contributed by atoms with Crippen molar-refractivity contribution in [3.05, 3.63) is 48.0 Å². The summed E-state index contributed by atoms with van der Waals surface area (Å²) in [4.78, 5) is 2.25. The summed E-state index contributed by atoms with van der Waals surface area (Å²) in [6.45, 7) is 7.84. The van der Waals surface area contributed by atoms with Crippen LogP contribution < -0.4 is 0 Å². The highest BCUT2D eigenvalue weighted by Gasteiger charge is 2.40. The van der Waals surface area contributed by atoms with E-state index >= 15 is 0 Å². The molecule has 2 rings (SSSR count). The third kappa shape index (κ3) is 4.12. The SMILES string of the molecule is CCCC(=N)C(CCCN(C)C)(c1cccc2ccccc12)C(C)C. The Labute approximate surface area is 153 Å². The van der Waals surface area contributed by atoms with Crippen LogP contribution in [-0.2, 0) is 5.41 Å². The van der Waals surface area contributed by atoms with Gasteiger partial charge in [0.2, 0.25) is 0 Å². The molecule has 0 fully saturated rings. The number of hydrogen-bond acceptors (Lipinski definition) is 2.